The molecule has 130 valence electrons. The van der Waals surface area contributed by atoms with Gasteiger partial charge in [0.25, 0.3) is 0 Å². The number of pyridine rings is 1. The van der Waals surface area contributed by atoms with E-state index in [1.54, 1.807) is 0 Å². The number of nitrogens with one attached hydrogen (secondary N) is 1. The van der Waals surface area contributed by atoms with Gasteiger partial charge in [-0.1, -0.05) is 18.9 Å². The molecule has 2 aliphatic carbocycles. The number of piperidine rings is 1. The molecule has 1 aromatic rings. The van der Waals surface area contributed by atoms with E-state index in [9.17, 15) is 10.5 Å². The summed E-state index contributed by atoms with van der Waals surface area (Å²) in [6, 6.07) is 11.5. The van der Waals surface area contributed by atoms with Gasteiger partial charge in [-0.15, -0.1) is 0 Å². The maximum atomic E-state index is 10.3. The molecule has 1 aromatic heterocycles. The number of likely N-dealkylation sites (tertiary alicyclic amines) is 1. The van der Waals surface area contributed by atoms with E-state index in [4.69, 9.17) is 0 Å². The van der Waals surface area contributed by atoms with Crippen molar-refractivity contribution in [1.82, 2.24) is 4.98 Å². The Morgan fingerprint density at radius 1 is 1.00 bits per heavy atom. The molecule has 4 rings (SSSR count). The minimum absolute atomic E-state index is 0.403. The van der Waals surface area contributed by atoms with Crippen LogP contribution in [0.25, 0.3) is 0 Å². The lowest BCUT2D eigenvalue weighted by molar-refractivity contribution is -1.01. The Balaban J connectivity index is 1.81. The highest BCUT2D eigenvalue weighted by molar-refractivity contribution is 5.18. The number of fused-ring (bicyclic) bond motifs is 2. The molecule has 2 heterocycles. The van der Waals surface area contributed by atoms with E-state index in [2.05, 4.69) is 17.1 Å². The van der Waals surface area contributed by atoms with Crippen molar-refractivity contribution < 1.29 is 4.90 Å². The lowest BCUT2D eigenvalue weighted by Gasteiger charge is -2.58. The first-order chi connectivity index (χ1) is 12.2. The van der Waals surface area contributed by atoms with E-state index in [1.165, 1.54) is 17.7 Å². The van der Waals surface area contributed by atoms with E-state index in [0.29, 0.717) is 18.4 Å². The first-order valence-electron chi connectivity index (χ1n) is 9.84. The normalized spacial score (nSPS) is 40.2. The average Bonchev–Trinajstić information content (AvgIpc) is 2.68. The van der Waals surface area contributed by atoms with E-state index < -0.39 is 11.1 Å². The van der Waals surface area contributed by atoms with Crippen LogP contribution in [0.5, 0.6) is 0 Å². The molecule has 0 bridgehead atoms. The summed E-state index contributed by atoms with van der Waals surface area (Å²) in [5.74, 6) is 0.879. The van der Waals surface area contributed by atoms with E-state index in [-0.39, 0.29) is 0 Å². The van der Waals surface area contributed by atoms with Gasteiger partial charge in [0, 0.05) is 30.9 Å². The predicted octanol–water partition coefficient (Wildman–Crippen LogP) is 2.78. The van der Waals surface area contributed by atoms with Crippen molar-refractivity contribution in [1.29, 1.82) is 10.5 Å². The fourth-order valence-corrected chi connectivity index (χ4v) is 6.09. The van der Waals surface area contributed by atoms with E-state index in [0.717, 1.165) is 50.6 Å². The summed E-state index contributed by atoms with van der Waals surface area (Å²) >= 11 is 0. The van der Waals surface area contributed by atoms with Gasteiger partial charge < -0.3 is 0 Å². The predicted molar refractivity (Wildman–Crippen MR) is 94.1 cm³/mol. The van der Waals surface area contributed by atoms with Crippen molar-refractivity contribution in [2.75, 3.05) is 0 Å². The second-order valence-electron chi connectivity index (χ2n) is 8.26. The highest BCUT2D eigenvalue weighted by atomic mass is 15.3. The molecule has 25 heavy (non-hydrogen) atoms. The van der Waals surface area contributed by atoms with Gasteiger partial charge in [-0.25, -0.2) is 0 Å². The number of aromatic nitrogens is 1. The molecule has 0 amide bonds. The van der Waals surface area contributed by atoms with Crippen molar-refractivity contribution in [2.45, 2.75) is 75.4 Å². The Morgan fingerprint density at radius 3 is 2.16 bits per heavy atom. The van der Waals surface area contributed by atoms with Crippen LogP contribution in [0.3, 0.4) is 0 Å². The van der Waals surface area contributed by atoms with Gasteiger partial charge in [-0.3, -0.25) is 9.88 Å². The average molecular weight is 335 g/mol. The zero-order valence-electron chi connectivity index (χ0n) is 14.9. The van der Waals surface area contributed by atoms with Crippen LogP contribution < -0.4 is 4.90 Å². The van der Waals surface area contributed by atoms with Gasteiger partial charge in [-0.05, 0) is 44.2 Å². The fraction of sp³-hybridized carbons (Fsp3) is 0.667. The maximum absolute atomic E-state index is 10.3. The summed E-state index contributed by atoms with van der Waals surface area (Å²) in [5, 5.41) is 20.6. The number of hydrogen-bond acceptors (Lipinski definition) is 3. The number of hydrogen-bond donors (Lipinski definition) is 1. The van der Waals surface area contributed by atoms with Crippen LogP contribution >= 0.6 is 0 Å². The number of nitrogens with zero attached hydrogens (tertiary/aromatic N) is 3. The summed E-state index contributed by atoms with van der Waals surface area (Å²) in [6.07, 6.45) is 11.8. The molecule has 1 unspecified atom stereocenters. The van der Waals surface area contributed by atoms with Gasteiger partial charge in [0.15, 0.2) is 11.1 Å². The van der Waals surface area contributed by atoms with Gasteiger partial charge in [0.05, 0.1) is 5.69 Å². The molecule has 3 fully saturated rings. The van der Waals surface area contributed by atoms with Crippen LogP contribution in [0.2, 0.25) is 0 Å². The molecule has 5 atom stereocenters. The smallest absolute Gasteiger partial charge is 0.189 e. The van der Waals surface area contributed by atoms with Crippen molar-refractivity contribution in [2.24, 2.45) is 11.8 Å². The van der Waals surface area contributed by atoms with Gasteiger partial charge in [0.2, 0.25) is 0 Å². The number of rotatable bonds is 2. The lowest BCUT2D eigenvalue weighted by Crippen LogP contribution is -3.28. The first kappa shape index (κ1) is 16.6. The molecule has 0 radical (unpaired) electrons. The van der Waals surface area contributed by atoms with Crippen molar-refractivity contribution in [3.8, 4) is 12.1 Å². The van der Waals surface area contributed by atoms with Crippen LogP contribution in [0, 0.1) is 34.5 Å². The molecule has 0 aromatic carbocycles. The topological polar surface area (TPSA) is 64.9 Å². The number of nitriles is 2. The summed E-state index contributed by atoms with van der Waals surface area (Å²) < 4.78 is 0. The van der Waals surface area contributed by atoms with Crippen LogP contribution in [0.4, 0.5) is 0 Å². The van der Waals surface area contributed by atoms with Crippen molar-refractivity contribution in [3.63, 3.8) is 0 Å². The molecule has 4 heteroatoms. The van der Waals surface area contributed by atoms with Crippen molar-refractivity contribution >= 4 is 0 Å². The van der Waals surface area contributed by atoms with E-state index in [1.807, 2.05) is 24.4 Å². The van der Waals surface area contributed by atoms with Crippen LogP contribution in [-0.2, 0) is 6.54 Å². The Labute approximate surface area is 150 Å². The molecule has 1 N–H and O–H groups in total. The second kappa shape index (κ2) is 6.43. The highest BCUT2D eigenvalue weighted by Gasteiger charge is 2.65. The zero-order valence-corrected chi connectivity index (χ0v) is 14.9. The minimum Gasteiger partial charge on any atom is -0.296 e. The molecule has 0 spiro atoms. The van der Waals surface area contributed by atoms with Gasteiger partial charge in [0.1, 0.15) is 18.7 Å². The Kier molecular flexibility index (Phi) is 4.26. The molecule has 2 saturated carbocycles. The Morgan fingerprint density at radius 2 is 1.64 bits per heavy atom. The van der Waals surface area contributed by atoms with Crippen molar-refractivity contribution in [3.05, 3.63) is 30.1 Å². The Bertz CT molecular complexity index is 663. The summed E-state index contributed by atoms with van der Waals surface area (Å²) in [4.78, 5) is 5.77. The summed E-state index contributed by atoms with van der Waals surface area (Å²) in [5.41, 5.74) is 0.205. The molecular weight excluding hydrogens is 308 g/mol. The third-order valence-electron chi connectivity index (χ3n) is 7.27. The third kappa shape index (κ3) is 2.47. The monoisotopic (exact) mass is 335 g/mol. The molecule has 3 aliphatic rings. The standard InChI is InChI=1S/C21H26N4/c22-15-20-10-4-1-7-17(20)13-18-8-2-5-11-21(18,16-23)25(20)14-19-9-3-6-12-24-19/h3,6,9,12,17-18H,1-2,4-5,7-8,10-11,13-14H2/p+1/t17-,18-,20-,21+/m1/s1. The first-order valence-corrected chi connectivity index (χ1v) is 9.84. The largest absolute Gasteiger partial charge is 0.296 e. The molecule has 1 aliphatic heterocycles. The van der Waals surface area contributed by atoms with Crippen LogP contribution in [0.15, 0.2) is 24.4 Å². The minimum atomic E-state index is -0.403. The third-order valence-corrected chi connectivity index (χ3v) is 7.27. The van der Waals surface area contributed by atoms with Gasteiger partial charge in [-0.2, -0.15) is 10.5 Å². The lowest BCUT2D eigenvalue weighted by atomic mass is 9.57. The highest BCUT2D eigenvalue weighted by Crippen LogP contribution is 2.47. The SMILES string of the molecule is N#C[C@]12CCCC[C@@H]1C[C@H]1CCCC[C@@]1(C#N)[NH+]2Cc1ccccn1. The number of quaternary nitrogens is 1. The Hall–Kier alpha value is -1.91. The molecular formula is C21H27N4+. The van der Waals surface area contributed by atoms with Gasteiger partial charge >= 0.3 is 0 Å². The quantitative estimate of drug-likeness (QED) is 0.904. The summed E-state index contributed by atoms with van der Waals surface area (Å²) in [6.45, 7) is 0.703. The second-order valence-corrected chi connectivity index (χ2v) is 8.26. The molecule has 4 nitrogen and oxygen atoms in total. The zero-order chi connectivity index (χ0) is 17.3. The van der Waals surface area contributed by atoms with E-state index >= 15 is 0 Å². The maximum Gasteiger partial charge on any atom is 0.189 e. The molecule has 1 saturated heterocycles. The van der Waals surface area contributed by atoms with Crippen LogP contribution in [-0.4, -0.2) is 16.1 Å². The van der Waals surface area contributed by atoms with Crippen LogP contribution in [0.1, 0.15) is 63.5 Å². The fourth-order valence-electron chi connectivity index (χ4n) is 6.09. The summed E-state index contributed by atoms with van der Waals surface area (Å²) in [7, 11) is 0.